The molecule has 0 unspecified atom stereocenters. The molecule has 3 aromatic rings. The van der Waals surface area contributed by atoms with Gasteiger partial charge in [0, 0.05) is 6.07 Å². The molecule has 0 fully saturated rings. The first kappa shape index (κ1) is 17.6. The van der Waals surface area contributed by atoms with E-state index in [1.54, 1.807) is 37.3 Å². The van der Waals surface area contributed by atoms with Crippen LogP contribution in [0.1, 0.15) is 11.3 Å². The average Bonchev–Trinajstić information content (AvgIpc) is 2.91. The van der Waals surface area contributed by atoms with Crippen molar-refractivity contribution < 1.29 is 9.31 Å². The van der Waals surface area contributed by atoms with Gasteiger partial charge in [-0.25, -0.2) is 9.07 Å². The molecule has 1 N–H and O–H groups in total. The number of hydrazone groups is 1. The van der Waals surface area contributed by atoms with Gasteiger partial charge >= 0.3 is 0 Å². The highest BCUT2D eigenvalue weighted by Crippen LogP contribution is 2.24. The molecule has 132 valence electrons. The highest BCUT2D eigenvalue weighted by atomic mass is 35.5. The Labute approximate surface area is 152 Å². The number of nitrogens with one attached hydrogen (secondary N) is 1. The fourth-order valence-electron chi connectivity index (χ4n) is 2.30. The van der Waals surface area contributed by atoms with Crippen molar-refractivity contribution in [3.8, 4) is 5.69 Å². The number of anilines is 1. The third kappa shape index (κ3) is 3.55. The van der Waals surface area contributed by atoms with Crippen molar-refractivity contribution in [3.63, 3.8) is 0 Å². The van der Waals surface area contributed by atoms with Crippen LogP contribution in [-0.2, 0) is 0 Å². The van der Waals surface area contributed by atoms with Crippen molar-refractivity contribution in [1.29, 1.82) is 0 Å². The summed E-state index contributed by atoms with van der Waals surface area (Å²) in [5.74, 6) is -0.357. The smallest absolute Gasteiger partial charge is 0.272 e. The van der Waals surface area contributed by atoms with Crippen LogP contribution in [-0.4, -0.2) is 20.9 Å². The molecule has 2 aromatic carbocycles. The first-order valence-electron chi connectivity index (χ1n) is 7.51. The van der Waals surface area contributed by atoms with Crippen LogP contribution in [0.15, 0.2) is 53.6 Å². The number of benzene rings is 2. The van der Waals surface area contributed by atoms with Crippen LogP contribution in [0.5, 0.6) is 0 Å². The summed E-state index contributed by atoms with van der Waals surface area (Å²) in [4.78, 5) is 10.5. The summed E-state index contributed by atoms with van der Waals surface area (Å²) in [6.07, 6.45) is 1.43. The zero-order chi connectivity index (χ0) is 18.7. The lowest BCUT2D eigenvalue weighted by Crippen LogP contribution is -1.97. The van der Waals surface area contributed by atoms with Gasteiger partial charge in [-0.3, -0.25) is 15.5 Å². The molecule has 0 bridgehead atoms. The average molecular weight is 374 g/mol. The summed E-state index contributed by atoms with van der Waals surface area (Å²) in [5, 5.41) is 19.6. The summed E-state index contributed by atoms with van der Waals surface area (Å²) in [5.41, 5.74) is 4.56. The number of para-hydroxylation sites is 2. The third-order valence-electron chi connectivity index (χ3n) is 3.60. The first-order valence-corrected chi connectivity index (χ1v) is 7.88. The molecule has 0 saturated heterocycles. The summed E-state index contributed by atoms with van der Waals surface area (Å²) in [7, 11) is 0. The molecule has 0 aliphatic heterocycles. The lowest BCUT2D eigenvalue weighted by atomic mass is 10.3. The van der Waals surface area contributed by atoms with E-state index in [1.807, 2.05) is 0 Å². The summed E-state index contributed by atoms with van der Waals surface area (Å²) >= 11 is 6.35. The van der Waals surface area contributed by atoms with Gasteiger partial charge < -0.3 is 0 Å². The van der Waals surface area contributed by atoms with E-state index in [2.05, 4.69) is 15.6 Å². The van der Waals surface area contributed by atoms with Crippen molar-refractivity contribution in [3.05, 3.63) is 80.9 Å². The maximum Gasteiger partial charge on any atom is 0.294 e. The second-order valence-electron chi connectivity index (χ2n) is 5.32. The minimum atomic E-state index is -0.497. The first-order chi connectivity index (χ1) is 12.5. The Bertz CT molecular complexity index is 985. The normalized spacial score (nSPS) is 11.0. The van der Waals surface area contributed by atoms with Crippen LogP contribution >= 0.6 is 11.6 Å². The van der Waals surface area contributed by atoms with Gasteiger partial charge in [0.05, 0.1) is 28.1 Å². The van der Waals surface area contributed by atoms with E-state index >= 15 is 0 Å². The third-order valence-corrected chi connectivity index (χ3v) is 3.96. The molecular weight excluding hydrogens is 361 g/mol. The number of nitro benzene ring substituents is 1. The minimum Gasteiger partial charge on any atom is -0.272 e. The van der Waals surface area contributed by atoms with E-state index in [4.69, 9.17) is 11.6 Å². The Kier molecular flexibility index (Phi) is 4.94. The van der Waals surface area contributed by atoms with Gasteiger partial charge in [-0.15, -0.1) is 0 Å². The van der Waals surface area contributed by atoms with E-state index in [-0.39, 0.29) is 17.2 Å². The Morgan fingerprint density at radius 1 is 1.27 bits per heavy atom. The van der Waals surface area contributed by atoms with Gasteiger partial charge in [-0.2, -0.15) is 10.2 Å². The lowest BCUT2D eigenvalue weighted by molar-refractivity contribution is -0.384. The summed E-state index contributed by atoms with van der Waals surface area (Å²) in [6.45, 7) is 1.75. The SMILES string of the molecule is Cc1nn(-c2ccc(F)cc2)c(Cl)c1/C=N\Nc1ccccc1[N+](=O)[O-]. The largest absolute Gasteiger partial charge is 0.294 e. The molecule has 0 radical (unpaired) electrons. The highest BCUT2D eigenvalue weighted by molar-refractivity contribution is 6.32. The van der Waals surface area contributed by atoms with Gasteiger partial charge in [0.25, 0.3) is 5.69 Å². The molecule has 0 spiro atoms. The van der Waals surface area contributed by atoms with Gasteiger partial charge in [0.2, 0.25) is 0 Å². The molecule has 0 aliphatic rings. The summed E-state index contributed by atoms with van der Waals surface area (Å²) in [6, 6.07) is 11.9. The standard InChI is InChI=1S/C17H13ClFN5O2/c1-11-14(10-20-21-15-4-2-3-5-16(15)24(25)26)17(18)23(22-11)13-8-6-12(19)7-9-13/h2-10,21H,1H3/b20-10-. The van der Waals surface area contributed by atoms with Crippen LogP contribution < -0.4 is 5.43 Å². The molecule has 26 heavy (non-hydrogen) atoms. The van der Waals surface area contributed by atoms with Crippen molar-refractivity contribution in [2.24, 2.45) is 5.10 Å². The van der Waals surface area contributed by atoms with E-state index in [0.29, 0.717) is 22.1 Å². The Morgan fingerprint density at radius 2 is 1.96 bits per heavy atom. The number of nitrogens with zero attached hydrogens (tertiary/aromatic N) is 4. The lowest BCUT2D eigenvalue weighted by Gasteiger charge is -2.03. The minimum absolute atomic E-state index is 0.0884. The number of halogens is 2. The van der Waals surface area contributed by atoms with E-state index < -0.39 is 4.92 Å². The summed E-state index contributed by atoms with van der Waals surface area (Å²) < 4.78 is 14.5. The number of rotatable bonds is 5. The van der Waals surface area contributed by atoms with Gasteiger partial charge in [0.1, 0.15) is 16.7 Å². The van der Waals surface area contributed by atoms with Crippen LogP contribution in [0, 0.1) is 22.9 Å². The molecule has 0 amide bonds. The zero-order valence-corrected chi connectivity index (χ0v) is 14.3. The predicted octanol–water partition coefficient (Wildman–Crippen LogP) is 4.33. The topological polar surface area (TPSA) is 85.3 Å². The Morgan fingerprint density at radius 3 is 2.65 bits per heavy atom. The predicted molar refractivity (Wildman–Crippen MR) is 97.6 cm³/mol. The molecule has 1 heterocycles. The second-order valence-corrected chi connectivity index (χ2v) is 5.68. The van der Waals surface area contributed by atoms with Crippen LogP contribution in [0.2, 0.25) is 5.15 Å². The number of nitro groups is 1. The monoisotopic (exact) mass is 373 g/mol. The van der Waals surface area contributed by atoms with Crippen molar-refractivity contribution >= 4 is 29.2 Å². The second kappa shape index (κ2) is 7.32. The van der Waals surface area contributed by atoms with Crippen LogP contribution in [0.3, 0.4) is 0 Å². The molecule has 0 atom stereocenters. The number of aromatic nitrogens is 2. The van der Waals surface area contributed by atoms with Gasteiger partial charge in [0.15, 0.2) is 0 Å². The number of aryl methyl sites for hydroxylation is 1. The van der Waals surface area contributed by atoms with Crippen LogP contribution in [0.25, 0.3) is 5.69 Å². The molecule has 9 heteroatoms. The Hall–Kier alpha value is -3.26. The number of hydrogen-bond acceptors (Lipinski definition) is 5. The van der Waals surface area contributed by atoms with E-state index in [0.717, 1.165) is 0 Å². The Balaban J connectivity index is 1.86. The molecule has 0 saturated carbocycles. The molecule has 0 aliphatic carbocycles. The van der Waals surface area contributed by atoms with E-state index in [1.165, 1.54) is 29.1 Å². The quantitative estimate of drug-likeness (QED) is 0.410. The maximum absolute atomic E-state index is 13.1. The van der Waals surface area contributed by atoms with Crippen molar-refractivity contribution in [2.75, 3.05) is 5.43 Å². The zero-order valence-electron chi connectivity index (χ0n) is 13.6. The molecule has 7 nitrogen and oxygen atoms in total. The molecule has 1 aromatic heterocycles. The van der Waals surface area contributed by atoms with E-state index in [9.17, 15) is 14.5 Å². The highest BCUT2D eigenvalue weighted by Gasteiger charge is 2.14. The van der Waals surface area contributed by atoms with Gasteiger partial charge in [-0.1, -0.05) is 23.7 Å². The fourth-order valence-corrected chi connectivity index (χ4v) is 2.63. The van der Waals surface area contributed by atoms with Crippen LogP contribution in [0.4, 0.5) is 15.8 Å². The number of hydrogen-bond donors (Lipinski definition) is 1. The molecule has 3 rings (SSSR count). The van der Waals surface area contributed by atoms with Crippen molar-refractivity contribution in [2.45, 2.75) is 6.92 Å². The van der Waals surface area contributed by atoms with Crippen molar-refractivity contribution in [1.82, 2.24) is 9.78 Å². The fraction of sp³-hybridized carbons (Fsp3) is 0.0588. The van der Waals surface area contributed by atoms with Gasteiger partial charge in [-0.05, 0) is 37.3 Å². The molecular formula is C17H13ClFN5O2. The maximum atomic E-state index is 13.1.